The summed E-state index contributed by atoms with van der Waals surface area (Å²) in [6.07, 6.45) is 1.97. The largest absolute Gasteiger partial charge is 0.260 e. The van der Waals surface area contributed by atoms with Crippen molar-refractivity contribution in [2.24, 2.45) is 0 Å². The highest BCUT2D eigenvalue weighted by Gasteiger charge is 2.19. The van der Waals surface area contributed by atoms with E-state index in [1.54, 1.807) is 38.1 Å². The van der Waals surface area contributed by atoms with Crippen LogP contribution in [0.25, 0.3) is 0 Å². The lowest BCUT2D eigenvalue weighted by molar-refractivity contribution is 0.587. The predicted octanol–water partition coefficient (Wildman–Crippen LogP) is 4.16. The average molecular weight is 344 g/mol. The molecule has 2 aromatic rings. The summed E-state index contributed by atoms with van der Waals surface area (Å²) >= 11 is 11.8. The number of rotatable bonds is 4. The SMILES string of the molecule is CC(C)S(=O)(=O)c1ccc(Cc2ccc(Cl)c(Cl)c2)nc1. The summed E-state index contributed by atoms with van der Waals surface area (Å²) in [5.41, 5.74) is 1.74. The molecule has 0 aliphatic rings. The molecule has 0 amide bonds. The molecule has 0 unspecified atom stereocenters. The summed E-state index contributed by atoms with van der Waals surface area (Å²) in [5.74, 6) is 0. The molecule has 0 aliphatic heterocycles. The Morgan fingerprint density at radius 1 is 1.10 bits per heavy atom. The minimum atomic E-state index is -3.28. The van der Waals surface area contributed by atoms with Gasteiger partial charge in [0.05, 0.1) is 20.2 Å². The van der Waals surface area contributed by atoms with Crippen LogP contribution in [0.4, 0.5) is 0 Å². The number of aromatic nitrogens is 1. The molecule has 0 aliphatic carbocycles. The van der Waals surface area contributed by atoms with Crippen molar-refractivity contribution in [1.29, 1.82) is 0 Å². The molecular formula is C15H15Cl2NO2S. The molecule has 0 N–H and O–H groups in total. The van der Waals surface area contributed by atoms with Crippen molar-refractivity contribution >= 4 is 33.0 Å². The highest BCUT2D eigenvalue weighted by atomic mass is 35.5. The second-order valence-electron chi connectivity index (χ2n) is 5.00. The third-order valence-corrected chi connectivity index (χ3v) is 5.99. The molecule has 112 valence electrons. The molecule has 0 spiro atoms. The first-order valence-electron chi connectivity index (χ1n) is 6.43. The monoisotopic (exact) mass is 343 g/mol. The molecule has 2 rings (SSSR count). The van der Waals surface area contributed by atoms with E-state index in [1.807, 2.05) is 6.07 Å². The van der Waals surface area contributed by atoms with Crippen LogP contribution >= 0.6 is 23.2 Å². The molecule has 1 heterocycles. The zero-order chi connectivity index (χ0) is 15.6. The van der Waals surface area contributed by atoms with Crippen molar-refractivity contribution in [2.75, 3.05) is 0 Å². The number of hydrogen-bond acceptors (Lipinski definition) is 3. The molecular weight excluding hydrogens is 329 g/mol. The van der Waals surface area contributed by atoms with Crippen molar-refractivity contribution in [1.82, 2.24) is 4.98 Å². The molecule has 0 atom stereocenters. The molecule has 0 fully saturated rings. The van der Waals surface area contributed by atoms with Crippen LogP contribution in [0.2, 0.25) is 10.0 Å². The van der Waals surface area contributed by atoms with Crippen molar-refractivity contribution < 1.29 is 8.42 Å². The van der Waals surface area contributed by atoms with Gasteiger partial charge >= 0.3 is 0 Å². The van der Waals surface area contributed by atoms with Crippen LogP contribution in [0.1, 0.15) is 25.1 Å². The second kappa shape index (κ2) is 6.34. The highest BCUT2D eigenvalue weighted by Crippen LogP contribution is 2.24. The first-order valence-corrected chi connectivity index (χ1v) is 8.73. The fraction of sp³-hybridized carbons (Fsp3) is 0.267. The molecule has 21 heavy (non-hydrogen) atoms. The van der Waals surface area contributed by atoms with Crippen LogP contribution in [-0.2, 0) is 16.3 Å². The van der Waals surface area contributed by atoms with Gasteiger partial charge in [-0.25, -0.2) is 8.42 Å². The summed E-state index contributed by atoms with van der Waals surface area (Å²) in [5, 5.41) is 0.542. The number of nitrogens with zero attached hydrogens (tertiary/aromatic N) is 1. The number of benzene rings is 1. The lowest BCUT2D eigenvalue weighted by Crippen LogP contribution is -2.14. The van der Waals surface area contributed by atoms with Crippen molar-refractivity contribution in [3.63, 3.8) is 0 Å². The lowest BCUT2D eigenvalue weighted by Gasteiger charge is -2.08. The number of pyridine rings is 1. The normalized spacial score (nSPS) is 11.9. The molecule has 3 nitrogen and oxygen atoms in total. The Kier molecular flexibility index (Phi) is 4.91. The Morgan fingerprint density at radius 2 is 1.81 bits per heavy atom. The van der Waals surface area contributed by atoms with E-state index < -0.39 is 15.1 Å². The zero-order valence-corrected chi connectivity index (χ0v) is 14.0. The van der Waals surface area contributed by atoms with Gasteiger partial charge in [-0.05, 0) is 43.7 Å². The molecule has 6 heteroatoms. The Hall–Kier alpha value is -1.10. The van der Waals surface area contributed by atoms with Gasteiger partial charge in [0.25, 0.3) is 0 Å². The molecule has 0 bridgehead atoms. The van der Waals surface area contributed by atoms with E-state index in [2.05, 4.69) is 4.98 Å². The second-order valence-corrected chi connectivity index (χ2v) is 8.32. The van der Waals surface area contributed by atoms with Gasteiger partial charge in [0, 0.05) is 18.3 Å². The van der Waals surface area contributed by atoms with E-state index in [-0.39, 0.29) is 4.90 Å². The fourth-order valence-electron chi connectivity index (χ4n) is 1.81. The van der Waals surface area contributed by atoms with Gasteiger partial charge in [0.15, 0.2) is 9.84 Å². The molecule has 0 saturated carbocycles. The first kappa shape index (κ1) is 16.3. The molecule has 0 saturated heterocycles. The van der Waals surface area contributed by atoms with Crippen molar-refractivity contribution in [2.45, 2.75) is 30.4 Å². The minimum Gasteiger partial charge on any atom is -0.260 e. The van der Waals surface area contributed by atoms with Gasteiger partial charge in [0.1, 0.15) is 0 Å². The standard InChI is InChI=1S/C15H15Cl2NO2S/c1-10(2)21(19,20)13-5-4-12(18-9-13)7-11-3-6-14(16)15(17)8-11/h3-6,8-10H,7H2,1-2H3. The van der Waals surface area contributed by atoms with Gasteiger partial charge in [-0.3, -0.25) is 4.98 Å². The van der Waals surface area contributed by atoms with Crippen LogP contribution in [0.3, 0.4) is 0 Å². The lowest BCUT2D eigenvalue weighted by atomic mass is 10.1. The molecule has 0 radical (unpaired) electrons. The summed E-state index contributed by atoms with van der Waals surface area (Å²) in [6, 6.07) is 8.70. The third-order valence-electron chi connectivity index (χ3n) is 3.12. The predicted molar refractivity (Wildman–Crippen MR) is 85.8 cm³/mol. The minimum absolute atomic E-state index is 0.246. The maximum atomic E-state index is 12.0. The van der Waals surface area contributed by atoms with Crippen molar-refractivity contribution in [3.8, 4) is 0 Å². The first-order chi connectivity index (χ1) is 9.80. The van der Waals surface area contributed by atoms with Gasteiger partial charge < -0.3 is 0 Å². The summed E-state index contributed by atoms with van der Waals surface area (Å²) in [6.45, 7) is 3.30. The van der Waals surface area contributed by atoms with Gasteiger partial charge in [-0.2, -0.15) is 0 Å². The maximum absolute atomic E-state index is 12.0. The number of hydrogen-bond donors (Lipinski definition) is 0. The number of sulfone groups is 1. The van der Waals surface area contributed by atoms with Gasteiger partial charge in [-0.1, -0.05) is 29.3 Å². The van der Waals surface area contributed by atoms with Crippen LogP contribution in [0.5, 0.6) is 0 Å². The summed E-state index contributed by atoms with van der Waals surface area (Å²) in [7, 11) is -3.28. The Balaban J connectivity index is 2.22. The maximum Gasteiger partial charge on any atom is 0.182 e. The van der Waals surface area contributed by atoms with E-state index in [9.17, 15) is 8.42 Å². The molecule has 1 aromatic carbocycles. The van der Waals surface area contributed by atoms with Crippen LogP contribution in [-0.4, -0.2) is 18.7 Å². The zero-order valence-electron chi connectivity index (χ0n) is 11.7. The Bertz CT molecular complexity index is 741. The van der Waals surface area contributed by atoms with Crippen LogP contribution < -0.4 is 0 Å². The topological polar surface area (TPSA) is 47.0 Å². The summed E-state index contributed by atoms with van der Waals surface area (Å²) in [4.78, 5) is 4.47. The fourth-order valence-corrected chi connectivity index (χ4v) is 3.14. The van der Waals surface area contributed by atoms with E-state index in [1.165, 1.54) is 6.20 Å². The smallest absolute Gasteiger partial charge is 0.182 e. The number of halogens is 2. The van der Waals surface area contributed by atoms with E-state index >= 15 is 0 Å². The van der Waals surface area contributed by atoms with Gasteiger partial charge in [0.2, 0.25) is 0 Å². The average Bonchev–Trinajstić information content (AvgIpc) is 2.43. The highest BCUT2D eigenvalue weighted by molar-refractivity contribution is 7.92. The Morgan fingerprint density at radius 3 is 2.33 bits per heavy atom. The van der Waals surface area contributed by atoms with Crippen molar-refractivity contribution in [3.05, 3.63) is 57.8 Å². The molecule has 1 aromatic heterocycles. The quantitative estimate of drug-likeness (QED) is 0.837. The van der Waals surface area contributed by atoms with Crippen LogP contribution in [0.15, 0.2) is 41.4 Å². The summed E-state index contributed by atoms with van der Waals surface area (Å²) < 4.78 is 24.0. The third kappa shape index (κ3) is 3.76. The van der Waals surface area contributed by atoms with Crippen LogP contribution in [0, 0.1) is 0 Å². The Labute approximate surface area is 134 Å². The van der Waals surface area contributed by atoms with Gasteiger partial charge in [-0.15, -0.1) is 0 Å². The van der Waals surface area contributed by atoms with E-state index in [0.717, 1.165) is 11.3 Å². The van der Waals surface area contributed by atoms with E-state index in [4.69, 9.17) is 23.2 Å². The van der Waals surface area contributed by atoms with E-state index in [0.29, 0.717) is 16.5 Å².